The SMILES string of the molecule is C#CCOc1ccccc1CNC1(CO)CCCCC1. The maximum absolute atomic E-state index is 9.71. The van der Waals surface area contributed by atoms with Crippen molar-refractivity contribution in [1.82, 2.24) is 5.32 Å². The number of benzene rings is 1. The first kappa shape index (κ1) is 14.9. The van der Waals surface area contributed by atoms with Crippen molar-refractivity contribution in [2.75, 3.05) is 13.2 Å². The van der Waals surface area contributed by atoms with E-state index in [9.17, 15) is 5.11 Å². The Morgan fingerprint density at radius 1 is 1.25 bits per heavy atom. The predicted molar refractivity (Wildman–Crippen MR) is 80.5 cm³/mol. The Labute approximate surface area is 121 Å². The molecule has 0 spiro atoms. The molecule has 1 aromatic rings. The number of ether oxygens (including phenoxy) is 1. The third kappa shape index (κ3) is 3.75. The Hall–Kier alpha value is -1.50. The normalized spacial score (nSPS) is 17.4. The molecule has 0 amide bonds. The second kappa shape index (κ2) is 7.33. The van der Waals surface area contributed by atoms with Crippen LogP contribution in [0.4, 0.5) is 0 Å². The topological polar surface area (TPSA) is 41.5 Å². The highest BCUT2D eigenvalue weighted by Gasteiger charge is 2.30. The van der Waals surface area contributed by atoms with Crippen LogP contribution in [0.15, 0.2) is 24.3 Å². The highest BCUT2D eigenvalue weighted by Crippen LogP contribution is 2.29. The number of aliphatic hydroxyl groups excluding tert-OH is 1. The molecule has 1 saturated carbocycles. The van der Waals surface area contributed by atoms with Crippen LogP contribution in [-0.2, 0) is 6.54 Å². The lowest BCUT2D eigenvalue weighted by Gasteiger charge is -2.37. The molecule has 3 heteroatoms. The van der Waals surface area contributed by atoms with Crippen LogP contribution in [0.1, 0.15) is 37.7 Å². The van der Waals surface area contributed by atoms with Gasteiger partial charge in [-0.1, -0.05) is 43.4 Å². The van der Waals surface area contributed by atoms with Gasteiger partial charge in [-0.15, -0.1) is 6.42 Å². The van der Waals surface area contributed by atoms with Crippen LogP contribution in [0, 0.1) is 12.3 Å². The van der Waals surface area contributed by atoms with Crippen molar-refractivity contribution in [2.45, 2.75) is 44.2 Å². The summed E-state index contributed by atoms with van der Waals surface area (Å²) in [6.07, 6.45) is 10.9. The van der Waals surface area contributed by atoms with Crippen LogP contribution in [0.25, 0.3) is 0 Å². The molecule has 0 aromatic heterocycles. The fourth-order valence-corrected chi connectivity index (χ4v) is 2.81. The molecule has 3 nitrogen and oxygen atoms in total. The number of hydrogen-bond acceptors (Lipinski definition) is 3. The van der Waals surface area contributed by atoms with E-state index in [0.717, 1.165) is 24.2 Å². The maximum atomic E-state index is 9.71. The molecule has 0 heterocycles. The summed E-state index contributed by atoms with van der Waals surface area (Å²) < 4.78 is 5.55. The number of para-hydroxylation sites is 1. The molecule has 0 unspecified atom stereocenters. The largest absolute Gasteiger partial charge is 0.481 e. The van der Waals surface area contributed by atoms with E-state index in [1.54, 1.807) is 0 Å². The van der Waals surface area contributed by atoms with Gasteiger partial charge in [0.25, 0.3) is 0 Å². The van der Waals surface area contributed by atoms with Gasteiger partial charge < -0.3 is 15.2 Å². The zero-order valence-corrected chi connectivity index (χ0v) is 11.9. The molecule has 2 N–H and O–H groups in total. The van der Waals surface area contributed by atoms with E-state index in [0.29, 0.717) is 6.54 Å². The van der Waals surface area contributed by atoms with Crippen LogP contribution in [-0.4, -0.2) is 23.9 Å². The van der Waals surface area contributed by atoms with Gasteiger partial charge in [0.2, 0.25) is 0 Å². The van der Waals surface area contributed by atoms with Crippen molar-refractivity contribution >= 4 is 0 Å². The average Bonchev–Trinajstić information content (AvgIpc) is 2.52. The molecular formula is C17H23NO2. The van der Waals surface area contributed by atoms with Crippen molar-refractivity contribution in [3.8, 4) is 18.1 Å². The highest BCUT2D eigenvalue weighted by molar-refractivity contribution is 5.33. The van der Waals surface area contributed by atoms with Gasteiger partial charge >= 0.3 is 0 Å². The molecule has 1 aliphatic rings. The van der Waals surface area contributed by atoms with Gasteiger partial charge in [-0.3, -0.25) is 0 Å². The van der Waals surface area contributed by atoms with E-state index < -0.39 is 0 Å². The minimum Gasteiger partial charge on any atom is -0.481 e. The summed E-state index contributed by atoms with van der Waals surface area (Å²) in [6, 6.07) is 7.90. The minimum atomic E-state index is -0.128. The van der Waals surface area contributed by atoms with Gasteiger partial charge in [-0.2, -0.15) is 0 Å². The molecule has 1 aliphatic carbocycles. The lowest BCUT2D eigenvalue weighted by Crippen LogP contribution is -2.49. The lowest BCUT2D eigenvalue weighted by atomic mass is 9.82. The standard InChI is InChI=1S/C17H23NO2/c1-2-12-20-16-9-5-4-8-15(16)13-18-17(14-19)10-6-3-7-11-17/h1,4-5,8-9,18-19H,3,6-7,10-14H2. The summed E-state index contributed by atoms with van der Waals surface area (Å²) >= 11 is 0. The summed E-state index contributed by atoms with van der Waals surface area (Å²) in [5.41, 5.74) is 0.957. The first-order chi connectivity index (χ1) is 9.79. The first-order valence-electron chi connectivity index (χ1n) is 7.30. The lowest BCUT2D eigenvalue weighted by molar-refractivity contribution is 0.119. The van der Waals surface area contributed by atoms with Gasteiger partial charge in [0.05, 0.1) is 6.61 Å². The summed E-state index contributed by atoms with van der Waals surface area (Å²) in [4.78, 5) is 0. The van der Waals surface area contributed by atoms with E-state index in [1.165, 1.54) is 19.3 Å². The highest BCUT2D eigenvalue weighted by atomic mass is 16.5. The fraction of sp³-hybridized carbons (Fsp3) is 0.529. The van der Waals surface area contributed by atoms with Crippen molar-refractivity contribution < 1.29 is 9.84 Å². The fourth-order valence-electron chi connectivity index (χ4n) is 2.81. The monoisotopic (exact) mass is 273 g/mol. The molecule has 0 atom stereocenters. The Bertz CT molecular complexity index is 458. The Morgan fingerprint density at radius 2 is 2.00 bits per heavy atom. The van der Waals surface area contributed by atoms with E-state index in [-0.39, 0.29) is 18.8 Å². The third-order valence-corrected chi connectivity index (χ3v) is 4.05. The quantitative estimate of drug-likeness (QED) is 0.782. The van der Waals surface area contributed by atoms with Crippen molar-refractivity contribution in [3.05, 3.63) is 29.8 Å². The van der Waals surface area contributed by atoms with E-state index in [2.05, 4.69) is 11.2 Å². The smallest absolute Gasteiger partial charge is 0.148 e. The van der Waals surface area contributed by atoms with Gasteiger partial charge in [0.15, 0.2) is 0 Å². The molecule has 0 radical (unpaired) electrons. The number of hydrogen-bond donors (Lipinski definition) is 2. The molecule has 0 saturated heterocycles. The second-order valence-corrected chi connectivity index (χ2v) is 5.45. The maximum Gasteiger partial charge on any atom is 0.148 e. The molecule has 20 heavy (non-hydrogen) atoms. The van der Waals surface area contributed by atoms with Gasteiger partial charge in [-0.05, 0) is 18.9 Å². The first-order valence-corrected chi connectivity index (χ1v) is 7.30. The summed E-state index contributed by atoms with van der Waals surface area (Å²) in [5, 5.41) is 13.2. The number of aliphatic hydroxyl groups is 1. The molecule has 0 aliphatic heterocycles. The van der Waals surface area contributed by atoms with Crippen LogP contribution in [0.5, 0.6) is 5.75 Å². The number of nitrogens with one attached hydrogen (secondary N) is 1. The zero-order chi connectivity index (χ0) is 14.3. The Kier molecular flexibility index (Phi) is 5.46. The molecule has 1 fully saturated rings. The van der Waals surface area contributed by atoms with Gasteiger partial charge in [-0.25, -0.2) is 0 Å². The van der Waals surface area contributed by atoms with E-state index in [1.807, 2.05) is 24.3 Å². The van der Waals surface area contributed by atoms with Crippen LogP contribution < -0.4 is 10.1 Å². The van der Waals surface area contributed by atoms with Crippen molar-refractivity contribution in [2.24, 2.45) is 0 Å². The Balaban J connectivity index is 2.00. The Morgan fingerprint density at radius 3 is 2.70 bits per heavy atom. The van der Waals surface area contributed by atoms with Crippen LogP contribution >= 0.6 is 0 Å². The molecule has 2 rings (SSSR count). The van der Waals surface area contributed by atoms with Gasteiger partial charge in [0, 0.05) is 17.6 Å². The summed E-state index contributed by atoms with van der Waals surface area (Å²) in [7, 11) is 0. The van der Waals surface area contributed by atoms with Crippen LogP contribution in [0.2, 0.25) is 0 Å². The van der Waals surface area contributed by atoms with Crippen molar-refractivity contribution in [3.63, 3.8) is 0 Å². The summed E-state index contributed by atoms with van der Waals surface area (Å²) in [5.74, 6) is 3.31. The summed E-state index contributed by atoms with van der Waals surface area (Å²) in [6.45, 7) is 1.17. The second-order valence-electron chi connectivity index (χ2n) is 5.45. The van der Waals surface area contributed by atoms with E-state index >= 15 is 0 Å². The molecule has 108 valence electrons. The molecule has 1 aromatic carbocycles. The van der Waals surface area contributed by atoms with E-state index in [4.69, 9.17) is 11.2 Å². The third-order valence-electron chi connectivity index (χ3n) is 4.05. The minimum absolute atomic E-state index is 0.128. The van der Waals surface area contributed by atoms with Gasteiger partial charge in [0.1, 0.15) is 12.4 Å². The zero-order valence-electron chi connectivity index (χ0n) is 11.9. The number of terminal acetylenes is 1. The molecular weight excluding hydrogens is 250 g/mol. The predicted octanol–water partition coefficient (Wildman–Crippen LogP) is 2.48. The van der Waals surface area contributed by atoms with Crippen molar-refractivity contribution in [1.29, 1.82) is 0 Å². The average molecular weight is 273 g/mol. The number of rotatable bonds is 6. The molecule has 0 bridgehead atoms. The van der Waals surface area contributed by atoms with Crippen LogP contribution in [0.3, 0.4) is 0 Å².